The van der Waals surface area contributed by atoms with E-state index in [1.165, 1.54) is 51.9 Å². The summed E-state index contributed by atoms with van der Waals surface area (Å²) in [4.78, 5) is 2.61. The number of rotatable bonds is 3. The molecule has 2 rings (SSSR count). The summed E-state index contributed by atoms with van der Waals surface area (Å²) in [6.07, 6.45) is 5.35. The van der Waals surface area contributed by atoms with Crippen LogP contribution in [0.1, 0.15) is 25.7 Å². The summed E-state index contributed by atoms with van der Waals surface area (Å²) in [5.41, 5.74) is 5.68. The average molecular weight is 197 g/mol. The Bertz CT molecular complexity index is 158. The third-order valence-electron chi connectivity index (χ3n) is 3.68. The van der Waals surface area contributed by atoms with Gasteiger partial charge < -0.3 is 16.0 Å². The van der Waals surface area contributed by atoms with Gasteiger partial charge in [-0.15, -0.1) is 0 Å². The van der Waals surface area contributed by atoms with Crippen molar-refractivity contribution >= 4 is 0 Å². The molecule has 0 aromatic rings. The highest BCUT2D eigenvalue weighted by Crippen LogP contribution is 2.17. The largest absolute Gasteiger partial charge is 0.330 e. The molecule has 2 aliphatic rings. The highest BCUT2D eigenvalue weighted by molar-refractivity contribution is 4.80. The maximum absolute atomic E-state index is 5.68. The number of hydrogen-bond donors (Lipinski definition) is 2. The van der Waals surface area contributed by atoms with Crippen molar-refractivity contribution in [3.05, 3.63) is 0 Å². The minimum absolute atomic E-state index is 0.768. The zero-order valence-corrected chi connectivity index (χ0v) is 9.04. The maximum atomic E-state index is 5.68. The Labute approximate surface area is 87.0 Å². The Morgan fingerprint density at radius 1 is 1.21 bits per heavy atom. The van der Waals surface area contributed by atoms with Crippen LogP contribution in [0.2, 0.25) is 0 Å². The fraction of sp³-hybridized carbons (Fsp3) is 1.00. The van der Waals surface area contributed by atoms with Crippen LogP contribution in [0.5, 0.6) is 0 Å². The summed E-state index contributed by atoms with van der Waals surface area (Å²) in [5.74, 6) is 0.794. The standard InChI is InChI=1S/C11H23N3/c12-8-10-3-6-14(7-4-10)9-11-2-1-5-13-11/h10-11,13H,1-9,12H2/t11-/m0/s1. The monoisotopic (exact) mass is 197 g/mol. The number of hydrogen-bond acceptors (Lipinski definition) is 3. The van der Waals surface area contributed by atoms with Gasteiger partial charge in [0.25, 0.3) is 0 Å². The first-order chi connectivity index (χ1) is 6.88. The minimum Gasteiger partial charge on any atom is -0.330 e. The van der Waals surface area contributed by atoms with Crippen LogP contribution in [0.25, 0.3) is 0 Å². The molecule has 0 bridgehead atoms. The third kappa shape index (κ3) is 2.69. The van der Waals surface area contributed by atoms with Crippen molar-refractivity contribution in [1.29, 1.82) is 0 Å². The molecule has 2 saturated heterocycles. The van der Waals surface area contributed by atoms with E-state index in [9.17, 15) is 0 Å². The van der Waals surface area contributed by atoms with E-state index < -0.39 is 0 Å². The molecule has 3 nitrogen and oxygen atoms in total. The topological polar surface area (TPSA) is 41.3 Å². The zero-order valence-electron chi connectivity index (χ0n) is 9.04. The molecule has 82 valence electrons. The fourth-order valence-electron chi connectivity index (χ4n) is 2.63. The van der Waals surface area contributed by atoms with Crippen LogP contribution >= 0.6 is 0 Å². The van der Waals surface area contributed by atoms with E-state index in [2.05, 4.69) is 10.2 Å². The van der Waals surface area contributed by atoms with Crippen LogP contribution in [0.15, 0.2) is 0 Å². The highest BCUT2D eigenvalue weighted by Gasteiger charge is 2.22. The molecule has 0 aromatic heterocycles. The predicted octanol–water partition coefficient (Wildman–Crippen LogP) is 0.409. The number of nitrogens with zero attached hydrogens (tertiary/aromatic N) is 1. The summed E-state index contributed by atoms with van der Waals surface area (Å²) >= 11 is 0. The first kappa shape index (κ1) is 10.4. The molecule has 0 aromatic carbocycles. The van der Waals surface area contributed by atoms with Crippen LogP contribution in [0.3, 0.4) is 0 Å². The number of likely N-dealkylation sites (tertiary alicyclic amines) is 1. The lowest BCUT2D eigenvalue weighted by Gasteiger charge is -2.32. The average Bonchev–Trinajstić information content (AvgIpc) is 2.72. The molecule has 0 aliphatic carbocycles. The van der Waals surface area contributed by atoms with Gasteiger partial charge >= 0.3 is 0 Å². The molecule has 2 aliphatic heterocycles. The second-order valence-corrected chi connectivity index (χ2v) is 4.77. The third-order valence-corrected chi connectivity index (χ3v) is 3.68. The molecule has 1 atom stereocenters. The lowest BCUT2D eigenvalue weighted by Crippen LogP contribution is -2.42. The van der Waals surface area contributed by atoms with Crippen molar-refractivity contribution in [1.82, 2.24) is 10.2 Å². The second kappa shape index (κ2) is 5.10. The summed E-state index contributed by atoms with van der Waals surface area (Å²) in [5, 5.41) is 3.56. The van der Waals surface area contributed by atoms with Crippen molar-refractivity contribution in [3.8, 4) is 0 Å². The second-order valence-electron chi connectivity index (χ2n) is 4.77. The van der Waals surface area contributed by atoms with Crippen molar-refractivity contribution < 1.29 is 0 Å². The zero-order chi connectivity index (χ0) is 9.80. The van der Waals surface area contributed by atoms with Crippen LogP contribution in [-0.4, -0.2) is 43.7 Å². The van der Waals surface area contributed by atoms with Crippen molar-refractivity contribution in [3.63, 3.8) is 0 Å². The molecule has 0 unspecified atom stereocenters. The van der Waals surface area contributed by atoms with Crippen molar-refractivity contribution in [2.75, 3.05) is 32.7 Å². The van der Waals surface area contributed by atoms with Crippen LogP contribution < -0.4 is 11.1 Å². The van der Waals surface area contributed by atoms with Crippen LogP contribution in [-0.2, 0) is 0 Å². The van der Waals surface area contributed by atoms with Crippen molar-refractivity contribution in [2.24, 2.45) is 11.7 Å². The van der Waals surface area contributed by atoms with Gasteiger partial charge in [-0.25, -0.2) is 0 Å². The van der Waals surface area contributed by atoms with Gasteiger partial charge in [0.05, 0.1) is 0 Å². The summed E-state index contributed by atoms with van der Waals surface area (Å²) in [6, 6.07) is 0.768. The molecule has 3 heteroatoms. The molecule has 0 spiro atoms. The van der Waals surface area contributed by atoms with E-state index in [0.29, 0.717) is 0 Å². The number of nitrogens with two attached hydrogens (primary N) is 1. The van der Waals surface area contributed by atoms with Gasteiger partial charge in [0, 0.05) is 12.6 Å². The Kier molecular flexibility index (Phi) is 3.79. The first-order valence-corrected chi connectivity index (χ1v) is 6.04. The Morgan fingerprint density at radius 2 is 2.00 bits per heavy atom. The predicted molar refractivity (Wildman–Crippen MR) is 59.2 cm³/mol. The van der Waals surface area contributed by atoms with E-state index >= 15 is 0 Å². The highest BCUT2D eigenvalue weighted by atomic mass is 15.2. The molecule has 14 heavy (non-hydrogen) atoms. The van der Waals surface area contributed by atoms with Gasteiger partial charge in [-0.1, -0.05) is 0 Å². The van der Waals surface area contributed by atoms with Gasteiger partial charge in [0.2, 0.25) is 0 Å². The molecule has 0 radical (unpaired) electrons. The normalized spacial score (nSPS) is 31.1. The SMILES string of the molecule is NCC1CCN(C[C@@H]2CCCN2)CC1. The molecular formula is C11H23N3. The molecule has 2 fully saturated rings. The lowest BCUT2D eigenvalue weighted by atomic mass is 9.97. The van der Waals surface area contributed by atoms with E-state index in [-0.39, 0.29) is 0 Å². The number of nitrogens with one attached hydrogen (secondary N) is 1. The van der Waals surface area contributed by atoms with Gasteiger partial charge in [0.1, 0.15) is 0 Å². The number of piperidine rings is 1. The van der Waals surface area contributed by atoms with Gasteiger partial charge in [0.15, 0.2) is 0 Å². The van der Waals surface area contributed by atoms with Crippen molar-refractivity contribution in [2.45, 2.75) is 31.7 Å². The molecule has 0 saturated carbocycles. The maximum Gasteiger partial charge on any atom is 0.0195 e. The molecule has 0 amide bonds. The summed E-state index contributed by atoms with van der Waals surface area (Å²) in [7, 11) is 0. The van der Waals surface area contributed by atoms with Gasteiger partial charge in [-0.2, -0.15) is 0 Å². The summed E-state index contributed by atoms with van der Waals surface area (Å²) < 4.78 is 0. The Morgan fingerprint density at radius 3 is 2.57 bits per heavy atom. The first-order valence-electron chi connectivity index (χ1n) is 6.04. The van der Waals surface area contributed by atoms with Gasteiger partial charge in [-0.05, 0) is 57.8 Å². The molecule has 3 N–H and O–H groups in total. The van der Waals surface area contributed by atoms with Gasteiger partial charge in [-0.3, -0.25) is 0 Å². The molecular weight excluding hydrogens is 174 g/mol. The lowest BCUT2D eigenvalue weighted by molar-refractivity contribution is 0.174. The van der Waals surface area contributed by atoms with Crippen LogP contribution in [0.4, 0.5) is 0 Å². The quantitative estimate of drug-likeness (QED) is 0.688. The Balaban J connectivity index is 1.67. The molecule has 2 heterocycles. The van der Waals surface area contributed by atoms with Crippen LogP contribution in [0, 0.1) is 5.92 Å². The van der Waals surface area contributed by atoms with E-state index in [1.807, 2.05) is 0 Å². The fourth-order valence-corrected chi connectivity index (χ4v) is 2.63. The van der Waals surface area contributed by atoms with E-state index in [4.69, 9.17) is 5.73 Å². The van der Waals surface area contributed by atoms with E-state index in [1.54, 1.807) is 0 Å². The Hall–Kier alpha value is -0.120. The summed E-state index contributed by atoms with van der Waals surface area (Å²) in [6.45, 7) is 5.90. The van der Waals surface area contributed by atoms with E-state index in [0.717, 1.165) is 18.5 Å². The minimum atomic E-state index is 0.768. The smallest absolute Gasteiger partial charge is 0.0195 e.